The third-order valence-corrected chi connectivity index (χ3v) is 4.02. The van der Waals surface area contributed by atoms with Crippen LogP contribution in [0.15, 0.2) is 0 Å². The topological polar surface area (TPSA) is 32.3 Å². The third kappa shape index (κ3) is 4.30. The van der Waals surface area contributed by atoms with E-state index >= 15 is 0 Å². The van der Waals surface area contributed by atoms with Gasteiger partial charge in [-0.3, -0.25) is 4.79 Å². The second-order valence-corrected chi connectivity index (χ2v) is 5.60. The predicted molar refractivity (Wildman–Crippen MR) is 71.8 cm³/mol. The Balaban J connectivity index is 2.49. The molecule has 1 N–H and O–H groups in total. The van der Waals surface area contributed by atoms with Gasteiger partial charge in [-0.15, -0.1) is 0 Å². The number of carbonyl (C=O) groups excluding carboxylic acids is 1. The maximum absolute atomic E-state index is 12.3. The van der Waals surface area contributed by atoms with Crippen molar-refractivity contribution >= 4 is 5.91 Å². The van der Waals surface area contributed by atoms with Gasteiger partial charge in [0.15, 0.2) is 0 Å². The summed E-state index contributed by atoms with van der Waals surface area (Å²) in [6, 6.07) is 0. The van der Waals surface area contributed by atoms with Crippen molar-refractivity contribution in [1.82, 2.24) is 10.2 Å². The molecule has 0 spiro atoms. The van der Waals surface area contributed by atoms with E-state index in [1.807, 2.05) is 0 Å². The molecule has 1 aliphatic heterocycles. The molecule has 0 radical (unpaired) electrons. The zero-order chi connectivity index (χ0) is 12.8. The fourth-order valence-corrected chi connectivity index (χ4v) is 2.32. The van der Waals surface area contributed by atoms with Gasteiger partial charge in [0.2, 0.25) is 5.91 Å². The summed E-state index contributed by atoms with van der Waals surface area (Å²) in [6.45, 7) is 12.4. The Morgan fingerprint density at radius 2 is 1.88 bits per heavy atom. The zero-order valence-corrected chi connectivity index (χ0v) is 11.8. The number of hydrogen-bond donors (Lipinski definition) is 1. The first-order valence-electron chi connectivity index (χ1n) is 7.05. The Labute approximate surface area is 106 Å². The molecular weight excluding hydrogens is 212 g/mol. The summed E-state index contributed by atoms with van der Waals surface area (Å²) in [6.07, 6.45) is 2.42. The van der Waals surface area contributed by atoms with Crippen molar-refractivity contribution in [3.05, 3.63) is 0 Å². The largest absolute Gasteiger partial charge is 0.342 e. The van der Waals surface area contributed by atoms with E-state index in [1.54, 1.807) is 0 Å². The van der Waals surface area contributed by atoms with Crippen molar-refractivity contribution < 1.29 is 4.79 Å². The monoisotopic (exact) mass is 240 g/mol. The van der Waals surface area contributed by atoms with E-state index in [4.69, 9.17) is 0 Å². The third-order valence-electron chi connectivity index (χ3n) is 4.02. The molecule has 3 nitrogen and oxygen atoms in total. The Kier molecular flexibility index (Phi) is 5.96. The van der Waals surface area contributed by atoms with Crippen molar-refractivity contribution in [1.29, 1.82) is 0 Å². The average molecular weight is 240 g/mol. The quantitative estimate of drug-likeness (QED) is 0.798. The molecule has 3 heteroatoms. The van der Waals surface area contributed by atoms with Crippen LogP contribution in [0.1, 0.15) is 40.5 Å². The molecule has 17 heavy (non-hydrogen) atoms. The second kappa shape index (κ2) is 7.00. The van der Waals surface area contributed by atoms with Crippen LogP contribution < -0.4 is 5.32 Å². The normalized spacial score (nSPS) is 19.4. The van der Waals surface area contributed by atoms with Gasteiger partial charge in [-0.2, -0.15) is 0 Å². The number of carbonyl (C=O) groups is 1. The molecule has 1 rings (SSSR count). The smallest absolute Gasteiger partial charge is 0.225 e. The summed E-state index contributed by atoms with van der Waals surface area (Å²) in [5.41, 5.74) is 0. The molecule has 0 bridgehead atoms. The second-order valence-electron chi connectivity index (χ2n) is 5.60. The Hall–Kier alpha value is -0.570. The van der Waals surface area contributed by atoms with Gasteiger partial charge < -0.3 is 10.2 Å². The van der Waals surface area contributed by atoms with Crippen molar-refractivity contribution in [3.8, 4) is 0 Å². The summed E-state index contributed by atoms with van der Waals surface area (Å²) >= 11 is 0. The first kappa shape index (κ1) is 14.5. The predicted octanol–water partition coefficient (Wildman–Crippen LogP) is 2.13. The standard InChI is InChI=1S/C14H28N2O/c1-5-16(14(17)12(4)11(2)3)10-13-6-8-15-9-7-13/h11-13,15H,5-10H2,1-4H3. The molecular formula is C14H28N2O. The van der Waals surface area contributed by atoms with Crippen molar-refractivity contribution in [2.45, 2.75) is 40.5 Å². The van der Waals surface area contributed by atoms with Gasteiger partial charge >= 0.3 is 0 Å². The minimum atomic E-state index is 0.150. The van der Waals surface area contributed by atoms with Gasteiger partial charge in [0, 0.05) is 19.0 Å². The SMILES string of the molecule is CCN(CC1CCNCC1)C(=O)C(C)C(C)C. The summed E-state index contributed by atoms with van der Waals surface area (Å²) in [4.78, 5) is 14.4. The lowest BCUT2D eigenvalue weighted by Crippen LogP contribution is -2.42. The minimum Gasteiger partial charge on any atom is -0.342 e. The van der Waals surface area contributed by atoms with Crippen LogP contribution in [0, 0.1) is 17.8 Å². The molecule has 1 saturated heterocycles. The highest BCUT2D eigenvalue weighted by molar-refractivity contribution is 5.78. The van der Waals surface area contributed by atoms with Gasteiger partial charge in [0.1, 0.15) is 0 Å². The molecule has 100 valence electrons. The molecule has 1 aliphatic rings. The van der Waals surface area contributed by atoms with Gasteiger partial charge in [0.25, 0.3) is 0 Å². The van der Waals surface area contributed by atoms with E-state index in [1.165, 1.54) is 12.8 Å². The Bertz CT molecular complexity index is 234. The number of rotatable bonds is 5. The first-order chi connectivity index (χ1) is 8.06. The van der Waals surface area contributed by atoms with Crippen molar-refractivity contribution in [3.63, 3.8) is 0 Å². The summed E-state index contributed by atoms with van der Waals surface area (Å²) < 4.78 is 0. The van der Waals surface area contributed by atoms with E-state index in [2.05, 4.69) is 37.9 Å². The Morgan fingerprint density at radius 3 is 2.35 bits per heavy atom. The molecule has 1 fully saturated rings. The molecule has 0 aromatic rings. The van der Waals surface area contributed by atoms with E-state index in [-0.39, 0.29) is 5.92 Å². The highest BCUT2D eigenvalue weighted by atomic mass is 16.2. The van der Waals surface area contributed by atoms with Crippen molar-refractivity contribution in [2.24, 2.45) is 17.8 Å². The molecule has 0 aromatic heterocycles. The number of amides is 1. The summed E-state index contributed by atoms with van der Waals surface area (Å²) in [5, 5.41) is 3.37. The highest BCUT2D eigenvalue weighted by Crippen LogP contribution is 2.18. The molecule has 1 heterocycles. The van der Waals surface area contributed by atoms with E-state index in [9.17, 15) is 4.79 Å². The van der Waals surface area contributed by atoms with Gasteiger partial charge in [-0.1, -0.05) is 20.8 Å². The average Bonchev–Trinajstić information content (AvgIpc) is 2.35. The van der Waals surface area contributed by atoms with E-state index in [0.29, 0.717) is 17.7 Å². The number of nitrogens with zero attached hydrogens (tertiary/aromatic N) is 1. The lowest BCUT2D eigenvalue weighted by atomic mass is 9.94. The van der Waals surface area contributed by atoms with Crippen molar-refractivity contribution in [2.75, 3.05) is 26.2 Å². The lowest BCUT2D eigenvalue weighted by molar-refractivity contribution is -0.136. The zero-order valence-electron chi connectivity index (χ0n) is 11.8. The van der Waals surface area contributed by atoms with Gasteiger partial charge in [0.05, 0.1) is 0 Å². The molecule has 1 amide bonds. The first-order valence-corrected chi connectivity index (χ1v) is 7.05. The summed E-state index contributed by atoms with van der Waals surface area (Å²) in [5.74, 6) is 1.61. The van der Waals surface area contributed by atoms with E-state index in [0.717, 1.165) is 26.2 Å². The van der Waals surface area contributed by atoms with Crippen LogP contribution in [0.5, 0.6) is 0 Å². The minimum absolute atomic E-state index is 0.150. The molecule has 0 saturated carbocycles. The van der Waals surface area contributed by atoms with Crippen LogP contribution in [-0.2, 0) is 4.79 Å². The maximum atomic E-state index is 12.3. The molecule has 0 aliphatic carbocycles. The van der Waals surface area contributed by atoms with Gasteiger partial charge in [-0.05, 0) is 44.7 Å². The van der Waals surface area contributed by atoms with Gasteiger partial charge in [-0.25, -0.2) is 0 Å². The summed E-state index contributed by atoms with van der Waals surface area (Å²) in [7, 11) is 0. The molecule has 1 atom stereocenters. The fraction of sp³-hybridized carbons (Fsp3) is 0.929. The fourth-order valence-electron chi connectivity index (χ4n) is 2.32. The van der Waals surface area contributed by atoms with Crippen LogP contribution in [0.4, 0.5) is 0 Å². The van der Waals surface area contributed by atoms with E-state index < -0.39 is 0 Å². The lowest BCUT2D eigenvalue weighted by Gasteiger charge is -2.31. The van der Waals surface area contributed by atoms with Crippen LogP contribution in [0.25, 0.3) is 0 Å². The molecule has 0 aromatic carbocycles. The number of nitrogens with one attached hydrogen (secondary N) is 1. The highest BCUT2D eigenvalue weighted by Gasteiger charge is 2.24. The number of hydrogen-bond acceptors (Lipinski definition) is 2. The molecule has 1 unspecified atom stereocenters. The van der Waals surface area contributed by atoms with Crippen LogP contribution in [-0.4, -0.2) is 37.0 Å². The maximum Gasteiger partial charge on any atom is 0.225 e. The van der Waals surface area contributed by atoms with Crippen LogP contribution in [0.2, 0.25) is 0 Å². The van der Waals surface area contributed by atoms with Crippen LogP contribution in [0.3, 0.4) is 0 Å². The Morgan fingerprint density at radius 1 is 1.29 bits per heavy atom. The number of piperidine rings is 1. The van der Waals surface area contributed by atoms with Crippen LogP contribution >= 0.6 is 0 Å².